The summed E-state index contributed by atoms with van der Waals surface area (Å²) in [4.78, 5) is 30.6. The molecule has 0 saturated carbocycles. The number of ether oxygens (including phenoxy) is 1. The van der Waals surface area contributed by atoms with E-state index in [2.05, 4.69) is 4.98 Å². The quantitative estimate of drug-likeness (QED) is 0.693. The lowest BCUT2D eigenvalue weighted by molar-refractivity contribution is 0.0167. The molecule has 1 unspecified atom stereocenters. The van der Waals surface area contributed by atoms with Crippen molar-refractivity contribution in [1.29, 1.82) is 0 Å². The Kier molecular flexibility index (Phi) is 3.39. The first-order chi connectivity index (χ1) is 11.7. The molecule has 24 heavy (non-hydrogen) atoms. The Hall–Kier alpha value is -2.99. The summed E-state index contributed by atoms with van der Waals surface area (Å²) >= 11 is 0. The molecule has 120 valence electrons. The maximum absolute atomic E-state index is 12.5. The van der Waals surface area contributed by atoms with E-state index < -0.39 is 6.23 Å². The molecule has 3 aromatic rings. The number of benzene rings is 2. The summed E-state index contributed by atoms with van der Waals surface area (Å²) in [6, 6.07) is 14.5. The molecule has 1 aliphatic rings. The van der Waals surface area contributed by atoms with Crippen LogP contribution in [0.1, 0.15) is 26.9 Å². The van der Waals surface area contributed by atoms with Crippen molar-refractivity contribution in [3.05, 3.63) is 66.0 Å². The highest BCUT2D eigenvalue weighted by Crippen LogP contribution is 2.26. The Morgan fingerprint density at radius 1 is 1.00 bits per heavy atom. The summed E-state index contributed by atoms with van der Waals surface area (Å²) in [5.41, 5.74) is 2.60. The first-order valence-corrected chi connectivity index (χ1v) is 7.60. The van der Waals surface area contributed by atoms with Crippen molar-refractivity contribution in [2.75, 3.05) is 13.7 Å². The van der Waals surface area contributed by atoms with E-state index in [0.29, 0.717) is 11.1 Å². The molecule has 6 heteroatoms. The molecule has 2 heterocycles. The monoisotopic (exact) mass is 321 g/mol. The normalized spacial score (nSPS) is 15.1. The molecule has 4 rings (SSSR count). The lowest BCUT2D eigenvalue weighted by Gasteiger charge is -2.23. The third-order valence-electron chi connectivity index (χ3n) is 4.28. The zero-order chi connectivity index (χ0) is 16.7. The number of methoxy groups -OCH3 is 1. The van der Waals surface area contributed by atoms with E-state index >= 15 is 0 Å². The summed E-state index contributed by atoms with van der Waals surface area (Å²) in [5, 5.41) is 0. The number of aromatic nitrogens is 2. The van der Waals surface area contributed by atoms with Crippen LogP contribution in [0.15, 0.2) is 54.9 Å². The van der Waals surface area contributed by atoms with Gasteiger partial charge in [-0.05, 0) is 24.3 Å². The number of carbonyl (C=O) groups excluding carboxylic acids is 2. The van der Waals surface area contributed by atoms with Gasteiger partial charge in [0.2, 0.25) is 0 Å². The van der Waals surface area contributed by atoms with Gasteiger partial charge in [-0.2, -0.15) is 0 Å². The highest BCUT2D eigenvalue weighted by Gasteiger charge is 2.36. The summed E-state index contributed by atoms with van der Waals surface area (Å²) < 4.78 is 7.37. The minimum atomic E-state index is -0.500. The SMILES string of the molecule is COC(CN1C(=O)c2ccccc2C1=O)n1cnc2ccccc21. The van der Waals surface area contributed by atoms with Crippen molar-refractivity contribution in [3.8, 4) is 0 Å². The van der Waals surface area contributed by atoms with Crippen LogP contribution in [-0.4, -0.2) is 39.9 Å². The maximum atomic E-state index is 12.5. The average Bonchev–Trinajstić information content (AvgIpc) is 3.15. The van der Waals surface area contributed by atoms with E-state index in [-0.39, 0.29) is 18.4 Å². The summed E-state index contributed by atoms with van der Waals surface area (Å²) in [6.45, 7) is 0.128. The topological polar surface area (TPSA) is 64.4 Å². The van der Waals surface area contributed by atoms with Crippen LogP contribution < -0.4 is 0 Å². The molecule has 1 aromatic heterocycles. The van der Waals surface area contributed by atoms with Crippen LogP contribution in [0.3, 0.4) is 0 Å². The van der Waals surface area contributed by atoms with E-state index in [4.69, 9.17) is 4.74 Å². The highest BCUT2D eigenvalue weighted by atomic mass is 16.5. The van der Waals surface area contributed by atoms with Crippen molar-refractivity contribution in [2.45, 2.75) is 6.23 Å². The lowest BCUT2D eigenvalue weighted by Crippen LogP contribution is -2.36. The van der Waals surface area contributed by atoms with Gasteiger partial charge in [0.05, 0.1) is 35.0 Å². The van der Waals surface area contributed by atoms with Gasteiger partial charge in [-0.25, -0.2) is 4.98 Å². The Balaban J connectivity index is 1.67. The predicted molar refractivity (Wildman–Crippen MR) is 87.6 cm³/mol. The molecule has 0 fully saturated rings. The Morgan fingerprint density at radius 2 is 1.62 bits per heavy atom. The fourth-order valence-electron chi connectivity index (χ4n) is 3.04. The second-order valence-electron chi connectivity index (χ2n) is 5.60. The van der Waals surface area contributed by atoms with E-state index in [1.165, 1.54) is 4.90 Å². The van der Waals surface area contributed by atoms with Crippen LogP contribution in [0, 0.1) is 0 Å². The molecule has 0 spiro atoms. The number of hydrogen-bond acceptors (Lipinski definition) is 4. The Morgan fingerprint density at radius 3 is 2.29 bits per heavy atom. The maximum Gasteiger partial charge on any atom is 0.261 e. The lowest BCUT2D eigenvalue weighted by atomic mass is 10.1. The van der Waals surface area contributed by atoms with Gasteiger partial charge in [0.15, 0.2) is 6.23 Å². The van der Waals surface area contributed by atoms with Crippen LogP contribution in [0.4, 0.5) is 0 Å². The molecule has 2 amide bonds. The molecule has 1 aliphatic heterocycles. The fraction of sp³-hybridized carbons (Fsp3) is 0.167. The molecule has 2 aromatic carbocycles. The summed E-state index contributed by atoms with van der Waals surface area (Å²) in [6.07, 6.45) is 1.16. The zero-order valence-electron chi connectivity index (χ0n) is 13.0. The van der Waals surface area contributed by atoms with Crippen LogP contribution in [0.2, 0.25) is 0 Å². The average molecular weight is 321 g/mol. The highest BCUT2D eigenvalue weighted by molar-refractivity contribution is 6.21. The molecule has 0 saturated heterocycles. The molecular weight excluding hydrogens is 306 g/mol. The molecule has 6 nitrogen and oxygen atoms in total. The van der Waals surface area contributed by atoms with Gasteiger partial charge < -0.3 is 9.30 Å². The first-order valence-electron chi connectivity index (χ1n) is 7.60. The van der Waals surface area contributed by atoms with Crippen molar-refractivity contribution in [1.82, 2.24) is 14.5 Å². The number of amides is 2. The second kappa shape index (κ2) is 5.58. The third-order valence-corrected chi connectivity index (χ3v) is 4.28. The van der Waals surface area contributed by atoms with Gasteiger partial charge in [0.1, 0.15) is 0 Å². The van der Waals surface area contributed by atoms with Gasteiger partial charge in [-0.15, -0.1) is 0 Å². The Labute approximate surface area is 138 Å². The number of imide groups is 1. The van der Waals surface area contributed by atoms with Crippen molar-refractivity contribution < 1.29 is 14.3 Å². The number of nitrogens with zero attached hydrogens (tertiary/aromatic N) is 3. The minimum Gasteiger partial charge on any atom is -0.359 e. The molecule has 0 N–H and O–H groups in total. The molecule has 0 aliphatic carbocycles. The van der Waals surface area contributed by atoms with Gasteiger partial charge in [0, 0.05) is 7.11 Å². The van der Waals surface area contributed by atoms with Gasteiger partial charge in [-0.3, -0.25) is 14.5 Å². The van der Waals surface area contributed by atoms with Crippen LogP contribution in [-0.2, 0) is 4.74 Å². The van der Waals surface area contributed by atoms with E-state index in [0.717, 1.165) is 11.0 Å². The number of hydrogen-bond donors (Lipinski definition) is 0. The summed E-state index contributed by atoms with van der Waals surface area (Å²) in [5.74, 6) is -0.579. The van der Waals surface area contributed by atoms with Crippen LogP contribution in [0.25, 0.3) is 11.0 Å². The largest absolute Gasteiger partial charge is 0.359 e. The standard InChI is InChI=1S/C18H15N3O3/c1-24-16(21-11-19-14-8-4-5-9-15(14)21)10-20-17(22)12-6-2-3-7-13(12)18(20)23/h2-9,11,16H,10H2,1H3. The van der Waals surface area contributed by atoms with E-state index in [1.54, 1.807) is 37.7 Å². The second-order valence-corrected chi connectivity index (χ2v) is 5.60. The number of fused-ring (bicyclic) bond motifs is 2. The molecular formula is C18H15N3O3. The van der Waals surface area contributed by atoms with E-state index in [1.807, 2.05) is 28.8 Å². The Bertz CT molecular complexity index is 912. The van der Waals surface area contributed by atoms with E-state index in [9.17, 15) is 9.59 Å². The number of para-hydroxylation sites is 2. The fourth-order valence-corrected chi connectivity index (χ4v) is 3.04. The van der Waals surface area contributed by atoms with Crippen molar-refractivity contribution in [3.63, 3.8) is 0 Å². The van der Waals surface area contributed by atoms with Crippen LogP contribution in [0.5, 0.6) is 0 Å². The van der Waals surface area contributed by atoms with Crippen molar-refractivity contribution >= 4 is 22.8 Å². The number of imidazole rings is 1. The number of rotatable bonds is 4. The molecule has 0 bridgehead atoms. The predicted octanol–water partition coefficient (Wildman–Crippen LogP) is 2.48. The van der Waals surface area contributed by atoms with Gasteiger partial charge in [0.25, 0.3) is 11.8 Å². The first kappa shape index (κ1) is 14.6. The number of carbonyl (C=O) groups is 2. The summed E-state index contributed by atoms with van der Waals surface area (Å²) in [7, 11) is 1.55. The molecule has 1 atom stereocenters. The third kappa shape index (κ3) is 2.11. The van der Waals surface area contributed by atoms with Gasteiger partial charge >= 0.3 is 0 Å². The molecule has 0 radical (unpaired) electrons. The zero-order valence-corrected chi connectivity index (χ0v) is 13.0. The van der Waals surface area contributed by atoms with Gasteiger partial charge in [-0.1, -0.05) is 24.3 Å². The minimum absolute atomic E-state index is 0.128. The van der Waals surface area contributed by atoms with Crippen molar-refractivity contribution in [2.24, 2.45) is 0 Å². The smallest absolute Gasteiger partial charge is 0.261 e. The van der Waals surface area contributed by atoms with Crippen LogP contribution >= 0.6 is 0 Å².